The zero-order valence-corrected chi connectivity index (χ0v) is 15.9. The average molecular weight is 341 g/mol. The van der Waals surface area contributed by atoms with Gasteiger partial charge in [0.2, 0.25) is 5.78 Å². The van der Waals surface area contributed by atoms with Crippen molar-refractivity contribution in [1.82, 2.24) is 4.90 Å². The first-order chi connectivity index (χ1) is 11.9. The van der Waals surface area contributed by atoms with Crippen LogP contribution in [0.1, 0.15) is 57.3 Å². The fourth-order valence-electron chi connectivity index (χ4n) is 4.54. The number of carbonyl (C=O) groups is 1. The molecule has 3 rings (SSSR count). The van der Waals surface area contributed by atoms with Gasteiger partial charge in [-0.15, -0.1) is 0 Å². The Balaban J connectivity index is 1.94. The lowest BCUT2D eigenvalue weighted by Crippen LogP contribution is -2.66. The number of hydrogen-bond donors (Lipinski definition) is 0. The molecule has 1 aromatic carbocycles. The Bertz CT molecular complexity index is 622. The summed E-state index contributed by atoms with van der Waals surface area (Å²) in [4.78, 5) is 15.5. The molecule has 3 nitrogen and oxygen atoms in total. The average Bonchev–Trinajstić information content (AvgIpc) is 2.60. The van der Waals surface area contributed by atoms with Crippen LogP contribution in [-0.2, 0) is 4.74 Å². The van der Waals surface area contributed by atoms with Crippen LogP contribution in [0.5, 0.6) is 0 Å². The minimum atomic E-state index is -0.500. The van der Waals surface area contributed by atoms with Crippen LogP contribution in [0.2, 0.25) is 0 Å². The van der Waals surface area contributed by atoms with Crippen LogP contribution in [0, 0.1) is 11.8 Å². The summed E-state index contributed by atoms with van der Waals surface area (Å²) >= 11 is 0. The van der Waals surface area contributed by atoms with Crippen molar-refractivity contribution in [2.75, 3.05) is 6.54 Å². The van der Waals surface area contributed by atoms with Gasteiger partial charge in [0.25, 0.3) is 0 Å². The lowest BCUT2D eigenvalue weighted by atomic mass is 9.69. The lowest BCUT2D eigenvalue weighted by molar-refractivity contribution is -0.210. The number of nitrogens with zero attached hydrogens (tertiary/aromatic N) is 1. The lowest BCUT2D eigenvalue weighted by Gasteiger charge is -2.56. The summed E-state index contributed by atoms with van der Waals surface area (Å²) in [6, 6.07) is 9.56. The first-order valence-electron chi connectivity index (χ1n) is 9.57. The number of rotatable bonds is 4. The molecule has 1 heterocycles. The maximum absolute atomic E-state index is 13.2. The molecule has 4 atom stereocenters. The Morgan fingerprint density at radius 1 is 1.28 bits per heavy atom. The van der Waals surface area contributed by atoms with Gasteiger partial charge in [-0.1, -0.05) is 55.8 Å². The zero-order chi connectivity index (χ0) is 18.0. The Hall–Kier alpha value is -1.45. The molecule has 3 heteroatoms. The minimum absolute atomic E-state index is 0.0579. The van der Waals surface area contributed by atoms with Crippen LogP contribution in [0.4, 0.5) is 0 Å². The molecule has 1 aromatic rings. The molecule has 1 aliphatic heterocycles. The Morgan fingerprint density at radius 2 is 2.00 bits per heavy atom. The third-order valence-electron chi connectivity index (χ3n) is 6.11. The van der Waals surface area contributed by atoms with Crippen molar-refractivity contribution in [3.63, 3.8) is 0 Å². The molecule has 1 saturated carbocycles. The highest BCUT2D eigenvalue weighted by atomic mass is 16.5. The van der Waals surface area contributed by atoms with Crippen LogP contribution in [0.3, 0.4) is 0 Å². The molecule has 0 unspecified atom stereocenters. The third-order valence-corrected chi connectivity index (χ3v) is 6.11. The minimum Gasteiger partial charge on any atom is -0.352 e. The Kier molecular flexibility index (Phi) is 5.45. The molecule has 136 valence electrons. The Morgan fingerprint density at radius 3 is 2.68 bits per heavy atom. The predicted molar refractivity (Wildman–Crippen MR) is 102 cm³/mol. The number of carbonyl (C=O) groups excluding carboxylic acids is 1. The fraction of sp³-hybridized carbons (Fsp3) is 0.591. The molecule has 25 heavy (non-hydrogen) atoms. The summed E-state index contributed by atoms with van der Waals surface area (Å²) in [5, 5.41) is 0. The van der Waals surface area contributed by atoms with Crippen molar-refractivity contribution in [1.29, 1.82) is 0 Å². The standard InChI is InChI=1S/C22H31NO2/c1-5-6-14-23-21(20(24)17-10-8-7-9-11-17)25-19-15-16(2)12-13-18(19)22(23,3)4/h5-11,16,18-19,21H,12-15H2,1-4H3/b6-5+/t16-,18-,19-,21+/m1/s1. The molecule has 1 saturated heterocycles. The van der Waals surface area contributed by atoms with E-state index in [2.05, 4.69) is 37.8 Å². The summed E-state index contributed by atoms with van der Waals surface area (Å²) < 4.78 is 6.46. The van der Waals surface area contributed by atoms with Gasteiger partial charge < -0.3 is 4.74 Å². The number of hydrogen-bond acceptors (Lipinski definition) is 3. The van der Waals surface area contributed by atoms with Gasteiger partial charge in [0.15, 0.2) is 6.23 Å². The molecule has 0 aromatic heterocycles. The summed E-state index contributed by atoms with van der Waals surface area (Å²) in [5.41, 5.74) is 0.675. The van der Waals surface area contributed by atoms with Crippen molar-refractivity contribution >= 4 is 5.78 Å². The van der Waals surface area contributed by atoms with Crippen LogP contribution >= 0.6 is 0 Å². The van der Waals surface area contributed by atoms with E-state index in [0.717, 1.165) is 18.5 Å². The zero-order valence-electron chi connectivity index (χ0n) is 15.9. The molecule has 0 spiro atoms. The van der Waals surface area contributed by atoms with Crippen LogP contribution < -0.4 is 0 Å². The van der Waals surface area contributed by atoms with Crippen molar-refractivity contribution in [2.24, 2.45) is 11.8 Å². The van der Waals surface area contributed by atoms with Gasteiger partial charge in [0.05, 0.1) is 6.10 Å². The van der Waals surface area contributed by atoms with E-state index in [0.29, 0.717) is 11.8 Å². The van der Waals surface area contributed by atoms with E-state index in [1.165, 1.54) is 12.8 Å². The highest BCUT2D eigenvalue weighted by molar-refractivity contribution is 5.99. The predicted octanol–water partition coefficient (Wildman–Crippen LogP) is 4.69. The van der Waals surface area contributed by atoms with Crippen LogP contribution in [0.15, 0.2) is 42.5 Å². The second kappa shape index (κ2) is 7.43. The highest BCUT2D eigenvalue weighted by Gasteiger charge is 2.51. The Labute approximate surface area is 152 Å². The molecule has 1 aliphatic carbocycles. The van der Waals surface area contributed by atoms with Crippen molar-refractivity contribution in [3.8, 4) is 0 Å². The second-order valence-electron chi connectivity index (χ2n) is 8.16. The van der Waals surface area contributed by atoms with E-state index in [1.807, 2.05) is 37.3 Å². The first-order valence-corrected chi connectivity index (χ1v) is 9.57. The molecule has 0 radical (unpaired) electrons. The van der Waals surface area contributed by atoms with Crippen molar-refractivity contribution in [3.05, 3.63) is 48.0 Å². The SMILES string of the molecule is C/C=C/CN1[C@H](C(=O)c2ccccc2)O[C@@H]2C[C@H](C)CC[C@H]2C1(C)C. The summed E-state index contributed by atoms with van der Waals surface area (Å²) in [6.07, 6.45) is 7.35. The van der Waals surface area contributed by atoms with Crippen LogP contribution in [-0.4, -0.2) is 35.1 Å². The van der Waals surface area contributed by atoms with Gasteiger partial charge in [0.1, 0.15) is 0 Å². The smallest absolute Gasteiger partial charge is 0.206 e. The number of fused-ring (bicyclic) bond motifs is 1. The van der Waals surface area contributed by atoms with E-state index in [1.54, 1.807) is 0 Å². The molecular formula is C22H31NO2. The van der Waals surface area contributed by atoms with E-state index in [-0.39, 0.29) is 17.4 Å². The summed E-state index contributed by atoms with van der Waals surface area (Å²) in [7, 11) is 0. The normalized spacial score (nSPS) is 32.5. The van der Waals surface area contributed by atoms with Gasteiger partial charge in [-0.3, -0.25) is 9.69 Å². The van der Waals surface area contributed by atoms with Crippen molar-refractivity contribution < 1.29 is 9.53 Å². The largest absolute Gasteiger partial charge is 0.352 e. The first kappa shape index (κ1) is 18.3. The second-order valence-corrected chi connectivity index (χ2v) is 8.16. The number of Topliss-reactive ketones (excluding diaryl/α,β-unsaturated/α-hetero) is 1. The van der Waals surface area contributed by atoms with Gasteiger partial charge >= 0.3 is 0 Å². The molecule has 0 amide bonds. The maximum Gasteiger partial charge on any atom is 0.206 e. The maximum atomic E-state index is 13.2. The van der Waals surface area contributed by atoms with Crippen molar-refractivity contribution in [2.45, 2.75) is 64.8 Å². The van der Waals surface area contributed by atoms with Gasteiger partial charge in [0, 0.05) is 23.6 Å². The molecule has 0 bridgehead atoms. The number of benzene rings is 1. The van der Waals surface area contributed by atoms with E-state index < -0.39 is 6.23 Å². The highest BCUT2D eigenvalue weighted by Crippen LogP contribution is 2.45. The van der Waals surface area contributed by atoms with E-state index in [9.17, 15) is 4.79 Å². The number of ether oxygens (including phenoxy) is 1. The topological polar surface area (TPSA) is 29.5 Å². The number of allylic oxidation sites excluding steroid dienone is 1. The van der Waals surface area contributed by atoms with Gasteiger partial charge in [-0.05, 0) is 39.5 Å². The third kappa shape index (κ3) is 3.58. The van der Waals surface area contributed by atoms with Gasteiger partial charge in [-0.25, -0.2) is 0 Å². The summed E-state index contributed by atoms with van der Waals surface area (Å²) in [6.45, 7) is 9.64. The molecule has 0 N–H and O–H groups in total. The molecule has 2 fully saturated rings. The van der Waals surface area contributed by atoms with Gasteiger partial charge in [-0.2, -0.15) is 0 Å². The number of ketones is 1. The van der Waals surface area contributed by atoms with Crippen LogP contribution in [0.25, 0.3) is 0 Å². The van der Waals surface area contributed by atoms with E-state index >= 15 is 0 Å². The monoisotopic (exact) mass is 341 g/mol. The quantitative estimate of drug-likeness (QED) is 0.588. The molecule has 2 aliphatic rings. The summed E-state index contributed by atoms with van der Waals surface area (Å²) in [5.74, 6) is 1.23. The fourth-order valence-corrected chi connectivity index (χ4v) is 4.54. The molecular weight excluding hydrogens is 310 g/mol. The van der Waals surface area contributed by atoms with E-state index in [4.69, 9.17) is 4.74 Å².